The maximum Gasteiger partial charge on any atom is 0.250 e. The van der Waals surface area contributed by atoms with E-state index in [1.807, 2.05) is 24.3 Å². The van der Waals surface area contributed by atoms with Gasteiger partial charge in [-0.1, -0.05) is 39.7 Å². The molecule has 0 saturated heterocycles. The lowest BCUT2D eigenvalue weighted by Crippen LogP contribution is -2.16. The Morgan fingerprint density at radius 1 is 1.18 bits per heavy atom. The second kappa shape index (κ2) is 7.24. The van der Waals surface area contributed by atoms with Crippen LogP contribution in [0.15, 0.2) is 53.0 Å². The highest BCUT2D eigenvalue weighted by Crippen LogP contribution is 2.20. The molecule has 2 aromatic rings. The summed E-state index contributed by atoms with van der Waals surface area (Å²) in [4.78, 5) is 23.3. The first-order valence-corrected chi connectivity index (χ1v) is 7.47. The van der Waals surface area contributed by atoms with Gasteiger partial charge >= 0.3 is 0 Å². The van der Waals surface area contributed by atoms with E-state index in [9.17, 15) is 9.59 Å². The molecule has 0 radical (unpaired) electrons. The quantitative estimate of drug-likeness (QED) is 0.792. The number of anilines is 1. The van der Waals surface area contributed by atoms with E-state index in [1.165, 1.54) is 18.2 Å². The van der Waals surface area contributed by atoms with Crippen LogP contribution < -0.4 is 11.1 Å². The summed E-state index contributed by atoms with van der Waals surface area (Å²) in [6.07, 6.45) is 3.04. The van der Waals surface area contributed by atoms with Gasteiger partial charge in [-0.05, 0) is 42.0 Å². The number of carbonyl (C=O) groups excluding carboxylic acids is 2. The molecule has 0 fully saturated rings. The van der Waals surface area contributed by atoms with Gasteiger partial charge in [-0.15, -0.1) is 0 Å². The summed E-state index contributed by atoms with van der Waals surface area (Å²) in [5.74, 6) is -1.03. The maximum atomic E-state index is 11.9. The van der Waals surface area contributed by atoms with Crippen LogP contribution in [0.5, 0.6) is 0 Å². The third-order valence-corrected chi connectivity index (χ3v) is 3.51. The summed E-state index contributed by atoms with van der Waals surface area (Å²) in [6, 6.07) is 12.0. The van der Waals surface area contributed by atoms with Gasteiger partial charge in [0.25, 0.3) is 5.91 Å². The van der Waals surface area contributed by atoms with Crippen LogP contribution in [0.2, 0.25) is 5.02 Å². The minimum atomic E-state index is -0.659. The summed E-state index contributed by atoms with van der Waals surface area (Å²) >= 11 is 9.17. The van der Waals surface area contributed by atoms with Crippen molar-refractivity contribution in [3.8, 4) is 0 Å². The van der Waals surface area contributed by atoms with Gasteiger partial charge in [0.05, 0.1) is 11.3 Å². The molecule has 0 saturated carbocycles. The Morgan fingerprint density at radius 3 is 2.64 bits per heavy atom. The summed E-state index contributed by atoms with van der Waals surface area (Å²) in [5.41, 5.74) is 6.62. The van der Waals surface area contributed by atoms with Gasteiger partial charge in [-0.2, -0.15) is 0 Å². The lowest BCUT2D eigenvalue weighted by molar-refractivity contribution is -0.111. The second-order valence-corrected chi connectivity index (χ2v) is 5.78. The van der Waals surface area contributed by atoms with Gasteiger partial charge in [-0.3, -0.25) is 9.59 Å². The number of halogens is 2. The average molecular weight is 380 g/mol. The van der Waals surface area contributed by atoms with Crippen molar-refractivity contribution in [2.45, 2.75) is 0 Å². The zero-order chi connectivity index (χ0) is 16.1. The number of hydrogen-bond acceptors (Lipinski definition) is 2. The molecule has 0 heterocycles. The fraction of sp³-hybridized carbons (Fsp3) is 0. The molecule has 112 valence electrons. The van der Waals surface area contributed by atoms with E-state index in [-0.39, 0.29) is 11.5 Å². The molecule has 0 aliphatic rings. The molecule has 4 nitrogen and oxygen atoms in total. The lowest BCUT2D eigenvalue weighted by atomic mass is 10.1. The summed E-state index contributed by atoms with van der Waals surface area (Å²) < 4.78 is 0.920. The molecule has 0 bridgehead atoms. The molecule has 3 N–H and O–H groups in total. The van der Waals surface area contributed by atoms with Crippen molar-refractivity contribution in [1.82, 2.24) is 0 Å². The minimum absolute atomic E-state index is 0.164. The zero-order valence-corrected chi connectivity index (χ0v) is 13.7. The number of hydrogen-bond donors (Lipinski definition) is 2. The highest BCUT2D eigenvalue weighted by molar-refractivity contribution is 9.10. The molecule has 2 amide bonds. The number of primary amides is 1. The second-order valence-electron chi connectivity index (χ2n) is 4.43. The maximum absolute atomic E-state index is 11.9. The monoisotopic (exact) mass is 378 g/mol. The smallest absolute Gasteiger partial charge is 0.250 e. The van der Waals surface area contributed by atoms with Crippen molar-refractivity contribution in [3.63, 3.8) is 0 Å². The highest BCUT2D eigenvalue weighted by atomic mass is 79.9. The van der Waals surface area contributed by atoms with Gasteiger partial charge in [0.15, 0.2) is 0 Å². The third-order valence-electron chi connectivity index (χ3n) is 2.78. The van der Waals surface area contributed by atoms with Crippen molar-refractivity contribution >= 4 is 51.1 Å². The van der Waals surface area contributed by atoms with Crippen molar-refractivity contribution < 1.29 is 9.59 Å². The van der Waals surface area contributed by atoms with E-state index in [4.69, 9.17) is 17.3 Å². The molecule has 2 aromatic carbocycles. The van der Waals surface area contributed by atoms with Gasteiger partial charge in [0, 0.05) is 15.6 Å². The van der Waals surface area contributed by atoms with Crippen LogP contribution in [0.3, 0.4) is 0 Å². The number of nitrogens with two attached hydrogens (primary N) is 1. The van der Waals surface area contributed by atoms with E-state index in [0.717, 1.165) is 10.0 Å². The van der Waals surface area contributed by atoms with E-state index in [0.29, 0.717) is 10.7 Å². The predicted octanol–water partition coefficient (Wildman–Crippen LogP) is 3.85. The number of benzene rings is 2. The van der Waals surface area contributed by atoms with E-state index in [2.05, 4.69) is 21.2 Å². The van der Waals surface area contributed by atoms with Crippen LogP contribution in [0, 0.1) is 0 Å². The number of carbonyl (C=O) groups is 2. The number of rotatable bonds is 4. The highest BCUT2D eigenvalue weighted by Gasteiger charge is 2.10. The standard InChI is InChI=1S/C16H12BrClN2O2/c17-11-3-1-2-10(8-11)4-7-15(21)20-14-6-5-12(18)9-13(14)16(19)22/h1-9H,(H2,19,22)(H,20,21)/b7-4+. The Hall–Kier alpha value is -2.11. The molecule has 0 atom stereocenters. The van der Waals surface area contributed by atoms with Crippen LogP contribution in [0.25, 0.3) is 6.08 Å². The largest absolute Gasteiger partial charge is 0.366 e. The van der Waals surface area contributed by atoms with Gasteiger partial charge < -0.3 is 11.1 Å². The lowest BCUT2D eigenvalue weighted by Gasteiger charge is -2.07. The molecule has 2 rings (SSSR count). The van der Waals surface area contributed by atoms with Crippen molar-refractivity contribution in [2.24, 2.45) is 5.73 Å². The number of nitrogens with one attached hydrogen (secondary N) is 1. The Balaban J connectivity index is 2.14. The van der Waals surface area contributed by atoms with Crippen molar-refractivity contribution in [2.75, 3.05) is 5.32 Å². The molecular formula is C16H12BrClN2O2. The van der Waals surface area contributed by atoms with Crippen LogP contribution >= 0.6 is 27.5 Å². The van der Waals surface area contributed by atoms with Gasteiger partial charge in [-0.25, -0.2) is 0 Å². The third kappa shape index (κ3) is 4.44. The van der Waals surface area contributed by atoms with E-state index in [1.54, 1.807) is 12.1 Å². The van der Waals surface area contributed by atoms with Crippen LogP contribution in [-0.2, 0) is 4.79 Å². The molecular weight excluding hydrogens is 368 g/mol. The summed E-state index contributed by atoms with van der Waals surface area (Å²) in [6.45, 7) is 0. The van der Waals surface area contributed by atoms with Crippen LogP contribution in [-0.4, -0.2) is 11.8 Å². The molecule has 22 heavy (non-hydrogen) atoms. The van der Waals surface area contributed by atoms with Crippen molar-refractivity contribution in [3.05, 3.63) is 69.2 Å². The Labute approximate surface area is 141 Å². The molecule has 0 spiro atoms. The molecule has 0 aliphatic heterocycles. The fourth-order valence-corrected chi connectivity index (χ4v) is 2.37. The first kappa shape index (κ1) is 16.3. The van der Waals surface area contributed by atoms with E-state index < -0.39 is 5.91 Å². The van der Waals surface area contributed by atoms with Crippen molar-refractivity contribution in [1.29, 1.82) is 0 Å². The predicted molar refractivity (Wildman–Crippen MR) is 91.8 cm³/mol. The molecule has 0 aromatic heterocycles. The number of amides is 2. The Bertz CT molecular complexity index is 760. The zero-order valence-electron chi connectivity index (χ0n) is 11.3. The summed E-state index contributed by atoms with van der Waals surface area (Å²) in [7, 11) is 0. The normalized spacial score (nSPS) is 10.6. The van der Waals surface area contributed by atoms with Crippen LogP contribution in [0.1, 0.15) is 15.9 Å². The minimum Gasteiger partial charge on any atom is -0.366 e. The topological polar surface area (TPSA) is 72.2 Å². The van der Waals surface area contributed by atoms with Gasteiger partial charge in [0.1, 0.15) is 0 Å². The van der Waals surface area contributed by atoms with Crippen LogP contribution in [0.4, 0.5) is 5.69 Å². The summed E-state index contributed by atoms with van der Waals surface area (Å²) in [5, 5.41) is 2.98. The fourth-order valence-electron chi connectivity index (χ4n) is 1.79. The Kier molecular flexibility index (Phi) is 5.35. The molecule has 0 aliphatic carbocycles. The first-order chi connectivity index (χ1) is 10.5. The van der Waals surface area contributed by atoms with E-state index >= 15 is 0 Å². The molecule has 6 heteroatoms. The molecule has 0 unspecified atom stereocenters. The van der Waals surface area contributed by atoms with Gasteiger partial charge in [0.2, 0.25) is 5.91 Å². The Morgan fingerprint density at radius 2 is 1.95 bits per heavy atom. The SMILES string of the molecule is NC(=O)c1cc(Cl)ccc1NC(=O)/C=C/c1cccc(Br)c1. The average Bonchev–Trinajstić information content (AvgIpc) is 2.47. The first-order valence-electron chi connectivity index (χ1n) is 6.29.